The second kappa shape index (κ2) is 12.0. The Balaban J connectivity index is 1.69. The van der Waals surface area contributed by atoms with Crippen molar-refractivity contribution in [2.75, 3.05) is 0 Å². The lowest BCUT2D eigenvalue weighted by molar-refractivity contribution is -0.132. The molecular formula is C34H25F2O2P. The maximum atomic E-state index is 14.8. The Morgan fingerprint density at radius 3 is 1.77 bits per heavy atom. The van der Waals surface area contributed by atoms with Crippen molar-refractivity contribution in [2.24, 2.45) is 0 Å². The largest absolute Gasteiger partial charge is 0.478 e. The molecule has 5 aromatic rings. The minimum atomic E-state index is -1.11. The zero-order valence-corrected chi connectivity index (χ0v) is 21.9. The number of benzene rings is 5. The Morgan fingerprint density at radius 2 is 1.18 bits per heavy atom. The van der Waals surface area contributed by atoms with Gasteiger partial charge in [-0.3, -0.25) is 0 Å². The summed E-state index contributed by atoms with van der Waals surface area (Å²) in [6, 6.07) is 39.3. The monoisotopic (exact) mass is 534 g/mol. The first-order valence-electron chi connectivity index (χ1n) is 12.5. The van der Waals surface area contributed by atoms with Crippen molar-refractivity contribution in [1.29, 1.82) is 0 Å². The SMILES string of the molecule is O=C(O)/C(=C/c1ccccc1)Cc1cc(F)c(F)cc1-c1ccccc1P(c1ccccc1)c1ccccc1. The van der Waals surface area contributed by atoms with Crippen LogP contribution >= 0.6 is 7.92 Å². The Bertz CT molecular complexity index is 1580. The molecule has 0 bridgehead atoms. The predicted molar refractivity (Wildman–Crippen MR) is 156 cm³/mol. The molecule has 0 aliphatic rings. The van der Waals surface area contributed by atoms with Crippen LogP contribution in [-0.4, -0.2) is 11.1 Å². The van der Waals surface area contributed by atoms with Crippen LogP contribution in [0.3, 0.4) is 0 Å². The number of aliphatic carboxylic acids is 1. The molecule has 2 nitrogen and oxygen atoms in total. The lowest BCUT2D eigenvalue weighted by Crippen LogP contribution is -2.22. The van der Waals surface area contributed by atoms with Crippen LogP contribution in [0, 0.1) is 11.6 Å². The Morgan fingerprint density at radius 1 is 0.667 bits per heavy atom. The number of carboxylic acids is 1. The van der Waals surface area contributed by atoms with Crippen LogP contribution in [0.15, 0.2) is 133 Å². The van der Waals surface area contributed by atoms with Crippen molar-refractivity contribution in [3.8, 4) is 11.1 Å². The van der Waals surface area contributed by atoms with E-state index in [9.17, 15) is 18.7 Å². The highest BCUT2D eigenvalue weighted by Gasteiger charge is 2.23. The van der Waals surface area contributed by atoms with Gasteiger partial charge < -0.3 is 5.11 Å². The van der Waals surface area contributed by atoms with E-state index in [0.717, 1.165) is 33.1 Å². The first-order valence-corrected chi connectivity index (χ1v) is 13.8. The van der Waals surface area contributed by atoms with Gasteiger partial charge in [-0.15, -0.1) is 0 Å². The first kappa shape index (κ1) is 26.2. The van der Waals surface area contributed by atoms with Gasteiger partial charge >= 0.3 is 5.97 Å². The van der Waals surface area contributed by atoms with Crippen molar-refractivity contribution in [1.82, 2.24) is 0 Å². The van der Waals surface area contributed by atoms with Crippen molar-refractivity contribution in [2.45, 2.75) is 6.42 Å². The lowest BCUT2D eigenvalue weighted by atomic mass is 9.93. The van der Waals surface area contributed by atoms with Crippen molar-refractivity contribution >= 4 is 35.9 Å². The summed E-state index contributed by atoms with van der Waals surface area (Å²) in [7, 11) is -1.04. The molecule has 0 saturated carbocycles. The summed E-state index contributed by atoms with van der Waals surface area (Å²) in [5, 5.41) is 13.2. The summed E-state index contributed by atoms with van der Waals surface area (Å²) in [4.78, 5) is 12.2. The van der Waals surface area contributed by atoms with Crippen LogP contribution < -0.4 is 15.9 Å². The molecule has 0 aromatic heterocycles. The minimum absolute atomic E-state index is 0.0697. The van der Waals surface area contributed by atoms with Crippen LogP contribution in [0.2, 0.25) is 0 Å². The van der Waals surface area contributed by atoms with Gasteiger partial charge in [-0.25, -0.2) is 13.6 Å². The molecule has 0 unspecified atom stereocenters. The van der Waals surface area contributed by atoms with E-state index in [2.05, 4.69) is 24.3 Å². The van der Waals surface area contributed by atoms with Crippen LogP contribution in [0.5, 0.6) is 0 Å². The highest BCUT2D eigenvalue weighted by Crippen LogP contribution is 2.38. The van der Waals surface area contributed by atoms with Gasteiger partial charge in [-0.1, -0.05) is 115 Å². The smallest absolute Gasteiger partial charge is 0.331 e. The van der Waals surface area contributed by atoms with Crippen molar-refractivity contribution in [3.63, 3.8) is 0 Å². The average Bonchev–Trinajstić information content (AvgIpc) is 2.97. The summed E-state index contributed by atoms with van der Waals surface area (Å²) < 4.78 is 29.4. The summed E-state index contributed by atoms with van der Waals surface area (Å²) in [6.07, 6.45) is 1.50. The number of halogens is 2. The molecule has 0 saturated heterocycles. The zero-order valence-electron chi connectivity index (χ0n) is 21.0. The van der Waals surface area contributed by atoms with E-state index in [1.54, 1.807) is 18.2 Å². The van der Waals surface area contributed by atoms with Gasteiger partial charge in [0.05, 0.1) is 0 Å². The van der Waals surface area contributed by atoms with Gasteiger partial charge in [0.1, 0.15) is 0 Å². The van der Waals surface area contributed by atoms with E-state index in [1.807, 2.05) is 78.9 Å². The normalized spacial score (nSPS) is 11.5. The standard InChI is InChI=1S/C34H25F2O2P/c35-31-22-25(21-26(34(37)38)20-24-12-4-1-5-13-24)30(23-32(31)36)29-18-10-11-19-33(29)39(27-14-6-2-7-15-27)28-16-8-3-9-17-28/h1-20,22-23H,21H2,(H,37,38)/b26-20+. The quantitative estimate of drug-likeness (QED) is 0.170. The molecule has 1 N–H and O–H groups in total. The summed E-state index contributed by atoms with van der Waals surface area (Å²) in [5.74, 6) is -3.10. The number of hydrogen-bond acceptors (Lipinski definition) is 1. The molecule has 0 radical (unpaired) electrons. The fourth-order valence-corrected chi connectivity index (χ4v) is 7.07. The van der Waals surface area contributed by atoms with Crippen molar-refractivity contribution in [3.05, 3.63) is 156 Å². The minimum Gasteiger partial charge on any atom is -0.478 e. The molecule has 192 valence electrons. The number of carbonyl (C=O) groups is 1. The van der Waals surface area contributed by atoms with Gasteiger partial charge in [-0.2, -0.15) is 0 Å². The molecule has 0 heterocycles. The van der Waals surface area contributed by atoms with Crippen LogP contribution in [0.4, 0.5) is 8.78 Å². The number of hydrogen-bond donors (Lipinski definition) is 1. The topological polar surface area (TPSA) is 37.3 Å². The van der Waals surface area contributed by atoms with E-state index in [0.29, 0.717) is 11.1 Å². The van der Waals surface area contributed by atoms with Gasteiger partial charge in [0.25, 0.3) is 0 Å². The average molecular weight is 535 g/mol. The van der Waals surface area contributed by atoms with E-state index in [4.69, 9.17) is 0 Å². The summed E-state index contributed by atoms with van der Waals surface area (Å²) in [5.41, 5.74) is 2.43. The Labute approximate surface area is 227 Å². The van der Waals surface area contributed by atoms with Gasteiger partial charge in [0.15, 0.2) is 11.6 Å². The van der Waals surface area contributed by atoms with E-state index < -0.39 is 25.5 Å². The summed E-state index contributed by atoms with van der Waals surface area (Å²) in [6.45, 7) is 0. The molecule has 5 heteroatoms. The fourth-order valence-electron chi connectivity index (χ4n) is 4.61. The van der Waals surface area contributed by atoms with Crippen LogP contribution in [0.25, 0.3) is 17.2 Å². The van der Waals surface area contributed by atoms with E-state index >= 15 is 0 Å². The zero-order chi connectivity index (χ0) is 27.2. The maximum absolute atomic E-state index is 14.8. The third-order valence-corrected chi connectivity index (χ3v) is 8.91. The summed E-state index contributed by atoms with van der Waals surface area (Å²) >= 11 is 0. The van der Waals surface area contributed by atoms with E-state index in [1.165, 1.54) is 6.07 Å². The molecule has 5 rings (SSSR count). The van der Waals surface area contributed by atoms with Gasteiger partial charge in [-0.05, 0) is 64.3 Å². The molecule has 0 spiro atoms. The first-order chi connectivity index (χ1) is 19.0. The Hall–Kier alpha value is -4.40. The predicted octanol–water partition coefficient (Wildman–Crippen LogP) is 7.10. The number of rotatable bonds is 8. The molecule has 39 heavy (non-hydrogen) atoms. The third-order valence-electron chi connectivity index (χ3n) is 6.41. The van der Waals surface area contributed by atoms with Gasteiger partial charge in [0, 0.05) is 12.0 Å². The highest BCUT2D eigenvalue weighted by molar-refractivity contribution is 7.80. The van der Waals surface area contributed by atoms with Crippen LogP contribution in [0.1, 0.15) is 11.1 Å². The lowest BCUT2D eigenvalue weighted by Gasteiger charge is -2.23. The highest BCUT2D eigenvalue weighted by atomic mass is 31.1. The third kappa shape index (κ3) is 6.03. The molecule has 0 aliphatic carbocycles. The molecular weight excluding hydrogens is 509 g/mol. The molecule has 0 amide bonds. The fraction of sp³-hybridized carbons (Fsp3) is 0.0294. The van der Waals surface area contributed by atoms with Crippen LogP contribution in [-0.2, 0) is 11.2 Å². The second-order valence-corrected chi connectivity index (χ2v) is 11.2. The van der Waals surface area contributed by atoms with Crippen molar-refractivity contribution < 1.29 is 18.7 Å². The molecule has 0 fully saturated rings. The molecule has 0 atom stereocenters. The Kier molecular flexibility index (Phi) is 8.05. The van der Waals surface area contributed by atoms with E-state index in [-0.39, 0.29) is 12.0 Å². The molecule has 0 aliphatic heterocycles. The maximum Gasteiger partial charge on any atom is 0.331 e. The second-order valence-electron chi connectivity index (χ2n) is 9.01. The van der Waals surface area contributed by atoms with Gasteiger partial charge in [0.2, 0.25) is 0 Å². The molecule has 5 aromatic carbocycles. The number of carboxylic acid groups (broad SMARTS) is 1.